The Bertz CT molecular complexity index is 2500. The minimum absolute atomic E-state index is 0.0532. The number of rotatable bonds is 5. The average molecular weight is 689 g/mol. The molecule has 0 amide bonds. The van der Waals surface area contributed by atoms with E-state index in [1.54, 1.807) is 0 Å². The van der Waals surface area contributed by atoms with Crippen LogP contribution in [0.25, 0.3) is 39.5 Å². The molecular formula is C47H36N4S. The summed E-state index contributed by atoms with van der Waals surface area (Å²) < 4.78 is 0. The summed E-state index contributed by atoms with van der Waals surface area (Å²) in [6.45, 7) is 4.74. The molecule has 3 atom stereocenters. The number of aromatic nitrogens is 3. The van der Waals surface area contributed by atoms with Crippen molar-refractivity contribution in [2.75, 3.05) is 4.90 Å². The lowest BCUT2D eigenvalue weighted by molar-refractivity contribution is 0.535. The van der Waals surface area contributed by atoms with Gasteiger partial charge < -0.3 is 0 Å². The molecular weight excluding hydrogens is 653 g/mol. The highest BCUT2D eigenvalue weighted by Crippen LogP contribution is 2.64. The Kier molecular flexibility index (Phi) is 7.09. The van der Waals surface area contributed by atoms with Crippen LogP contribution in [0.15, 0.2) is 174 Å². The summed E-state index contributed by atoms with van der Waals surface area (Å²) in [7, 11) is 0. The van der Waals surface area contributed by atoms with E-state index in [-0.39, 0.29) is 11.3 Å². The number of hydrogen-bond acceptors (Lipinski definition) is 5. The van der Waals surface area contributed by atoms with Crippen molar-refractivity contribution >= 4 is 29.0 Å². The topological polar surface area (TPSA) is 41.9 Å². The van der Waals surface area contributed by atoms with Gasteiger partial charge in [0.2, 0.25) is 5.95 Å². The molecule has 3 heterocycles. The maximum Gasteiger partial charge on any atom is 0.234 e. The van der Waals surface area contributed by atoms with Crippen molar-refractivity contribution in [1.29, 1.82) is 0 Å². The lowest BCUT2D eigenvalue weighted by Gasteiger charge is -2.39. The Morgan fingerprint density at radius 3 is 2.08 bits per heavy atom. The van der Waals surface area contributed by atoms with Crippen LogP contribution in [0.4, 0.5) is 11.6 Å². The van der Waals surface area contributed by atoms with Crippen LogP contribution in [-0.4, -0.2) is 20.5 Å². The van der Waals surface area contributed by atoms with Crippen LogP contribution in [0.1, 0.15) is 42.9 Å². The van der Waals surface area contributed by atoms with E-state index < -0.39 is 5.54 Å². The molecule has 4 nitrogen and oxygen atoms in total. The van der Waals surface area contributed by atoms with Gasteiger partial charge in [-0.3, -0.25) is 4.90 Å². The second kappa shape index (κ2) is 11.9. The molecule has 4 aliphatic rings. The summed E-state index contributed by atoms with van der Waals surface area (Å²) in [5.74, 6) is 2.05. The molecule has 5 aromatic carbocycles. The van der Waals surface area contributed by atoms with Crippen molar-refractivity contribution in [2.24, 2.45) is 0 Å². The van der Waals surface area contributed by atoms with Gasteiger partial charge in [0.25, 0.3) is 0 Å². The van der Waals surface area contributed by atoms with Gasteiger partial charge in [0.1, 0.15) is 0 Å². The van der Waals surface area contributed by atoms with E-state index in [4.69, 9.17) is 15.0 Å². The molecule has 5 heteroatoms. The second-order valence-electron chi connectivity index (χ2n) is 14.4. The Morgan fingerprint density at radius 2 is 1.33 bits per heavy atom. The first-order chi connectivity index (χ1) is 25.5. The molecule has 52 heavy (non-hydrogen) atoms. The quantitative estimate of drug-likeness (QED) is 0.180. The third-order valence-electron chi connectivity index (χ3n) is 11.2. The third-order valence-corrected chi connectivity index (χ3v) is 12.7. The summed E-state index contributed by atoms with van der Waals surface area (Å²) in [4.78, 5) is 21.0. The predicted molar refractivity (Wildman–Crippen MR) is 214 cm³/mol. The second-order valence-corrected chi connectivity index (χ2v) is 15.5. The number of benzene rings is 5. The van der Waals surface area contributed by atoms with Gasteiger partial charge in [0, 0.05) is 32.3 Å². The number of anilines is 2. The average Bonchev–Trinajstić information content (AvgIpc) is 3.66. The fraction of sp³-hybridized carbons (Fsp3) is 0.128. The first-order valence-electron chi connectivity index (χ1n) is 18.0. The van der Waals surface area contributed by atoms with Crippen LogP contribution in [0.2, 0.25) is 0 Å². The van der Waals surface area contributed by atoms with Gasteiger partial charge in [0.15, 0.2) is 11.6 Å². The van der Waals surface area contributed by atoms with Gasteiger partial charge in [-0.15, -0.1) is 0 Å². The highest BCUT2D eigenvalue weighted by atomic mass is 32.2. The molecule has 1 aromatic heterocycles. The number of allylic oxidation sites excluding steroid dienone is 6. The van der Waals surface area contributed by atoms with E-state index in [1.165, 1.54) is 37.8 Å². The van der Waals surface area contributed by atoms with E-state index in [0.29, 0.717) is 17.6 Å². The number of hydrogen-bond donors (Lipinski definition) is 0. The molecule has 0 bridgehead atoms. The summed E-state index contributed by atoms with van der Waals surface area (Å²) in [5.41, 5.74) is 10.0. The lowest BCUT2D eigenvalue weighted by atomic mass is 9.75. The van der Waals surface area contributed by atoms with Crippen molar-refractivity contribution in [1.82, 2.24) is 15.0 Å². The molecule has 3 unspecified atom stereocenters. The van der Waals surface area contributed by atoms with Crippen LogP contribution in [0.3, 0.4) is 0 Å². The molecule has 6 aromatic rings. The first kappa shape index (κ1) is 31.0. The molecule has 250 valence electrons. The fourth-order valence-electron chi connectivity index (χ4n) is 8.39. The van der Waals surface area contributed by atoms with Crippen molar-refractivity contribution < 1.29 is 0 Å². The van der Waals surface area contributed by atoms with E-state index in [2.05, 4.69) is 164 Å². The van der Waals surface area contributed by atoms with Gasteiger partial charge in [0.05, 0.1) is 11.2 Å². The number of nitrogens with zero attached hydrogens (tertiary/aromatic N) is 4. The largest absolute Gasteiger partial charge is 0.299 e. The van der Waals surface area contributed by atoms with Gasteiger partial charge >= 0.3 is 0 Å². The van der Waals surface area contributed by atoms with Gasteiger partial charge in [-0.2, -0.15) is 9.97 Å². The van der Waals surface area contributed by atoms with Gasteiger partial charge in [-0.25, -0.2) is 4.98 Å². The fourth-order valence-corrected chi connectivity index (χ4v) is 9.89. The van der Waals surface area contributed by atoms with E-state index in [1.807, 2.05) is 30.0 Å². The molecule has 2 aliphatic heterocycles. The molecule has 0 saturated carbocycles. The predicted octanol–water partition coefficient (Wildman–Crippen LogP) is 11.7. The maximum atomic E-state index is 5.40. The van der Waals surface area contributed by atoms with E-state index in [0.717, 1.165) is 28.7 Å². The Balaban J connectivity index is 1.21. The van der Waals surface area contributed by atoms with Crippen LogP contribution < -0.4 is 4.90 Å². The summed E-state index contributed by atoms with van der Waals surface area (Å²) in [6.07, 6.45) is 14.9. The SMILES string of the molecule is CC12CC=CC=C1Sc1c2ccc2c1N(c1nc(-c3ccccc3)nc(-c3cccc(-c4ccccc4)c3)n1)C1(C)C=CC(c3ccccc3)=CC21. The minimum Gasteiger partial charge on any atom is -0.299 e. The summed E-state index contributed by atoms with van der Waals surface area (Å²) in [5, 5.41) is 0. The Labute approximate surface area is 309 Å². The molecule has 0 saturated heterocycles. The molecule has 0 fully saturated rings. The summed E-state index contributed by atoms with van der Waals surface area (Å²) >= 11 is 1.92. The molecule has 0 radical (unpaired) electrons. The first-order valence-corrected chi connectivity index (χ1v) is 18.8. The molecule has 0 spiro atoms. The van der Waals surface area contributed by atoms with Crippen LogP contribution in [0, 0.1) is 0 Å². The molecule has 2 aliphatic carbocycles. The standard InChI is InChI=1S/C47H36N4S/c1-46-27-13-12-23-40(46)52-42-38(46)25-24-37-39-30-35(32-17-8-4-9-18-32)26-28-47(39,2)51(41(37)42)45-49-43(33-19-10-5-11-20-33)48-44(50-45)36-22-14-21-34(29-36)31-15-6-3-7-16-31/h3-26,28-30,39H,27H2,1-2H3. The van der Waals surface area contributed by atoms with E-state index >= 15 is 0 Å². The summed E-state index contributed by atoms with van der Waals surface area (Å²) in [6, 6.07) is 44.8. The number of thioether (sulfide) groups is 1. The van der Waals surface area contributed by atoms with Crippen LogP contribution >= 0.6 is 11.8 Å². The zero-order valence-corrected chi connectivity index (χ0v) is 29.9. The maximum absolute atomic E-state index is 5.40. The Morgan fingerprint density at radius 1 is 0.673 bits per heavy atom. The zero-order valence-electron chi connectivity index (χ0n) is 29.1. The highest BCUT2D eigenvalue weighted by molar-refractivity contribution is 8.03. The van der Waals surface area contributed by atoms with E-state index in [9.17, 15) is 0 Å². The highest BCUT2D eigenvalue weighted by Gasteiger charge is 2.53. The van der Waals surface area contributed by atoms with Crippen LogP contribution in [0.5, 0.6) is 0 Å². The van der Waals surface area contributed by atoms with Gasteiger partial charge in [-0.05, 0) is 52.8 Å². The monoisotopic (exact) mass is 688 g/mol. The third kappa shape index (κ3) is 4.80. The molecule has 0 N–H and O–H groups in total. The molecule has 10 rings (SSSR count). The Hall–Kier alpha value is -5.78. The lowest BCUT2D eigenvalue weighted by Crippen LogP contribution is -2.43. The normalized spacial score (nSPS) is 22.3. The zero-order chi connectivity index (χ0) is 34.9. The van der Waals surface area contributed by atoms with Crippen molar-refractivity contribution in [3.05, 3.63) is 185 Å². The van der Waals surface area contributed by atoms with Crippen molar-refractivity contribution in [3.63, 3.8) is 0 Å². The van der Waals surface area contributed by atoms with Crippen molar-refractivity contribution in [3.8, 4) is 33.9 Å². The minimum atomic E-state index is -0.462. The smallest absolute Gasteiger partial charge is 0.234 e. The van der Waals surface area contributed by atoms with Crippen LogP contribution in [-0.2, 0) is 5.41 Å². The van der Waals surface area contributed by atoms with Gasteiger partial charge in [-0.1, -0.05) is 176 Å². The van der Waals surface area contributed by atoms with Crippen molar-refractivity contribution in [2.45, 2.75) is 42.0 Å². The number of fused-ring (bicyclic) bond motifs is 7.